The lowest BCUT2D eigenvalue weighted by molar-refractivity contribution is 0.0949. The Morgan fingerprint density at radius 3 is 2.96 bits per heavy atom. The number of aromatic nitrogens is 3. The summed E-state index contributed by atoms with van der Waals surface area (Å²) in [5.41, 5.74) is 6.93. The maximum absolute atomic E-state index is 13.7. The largest absolute Gasteiger partial charge is 0.350 e. The van der Waals surface area contributed by atoms with Gasteiger partial charge in [0.2, 0.25) is 0 Å². The molecule has 3 aromatic rings. The molecular weight excluding hydrogens is 317 g/mol. The van der Waals surface area contributed by atoms with Crippen molar-refractivity contribution in [2.75, 3.05) is 6.54 Å². The van der Waals surface area contributed by atoms with Gasteiger partial charge in [0, 0.05) is 31.9 Å². The van der Waals surface area contributed by atoms with Gasteiger partial charge in [-0.2, -0.15) is 0 Å². The summed E-state index contributed by atoms with van der Waals surface area (Å²) < 4.78 is 15.6. The quantitative estimate of drug-likeness (QED) is 0.742. The molecule has 0 aliphatic rings. The van der Waals surface area contributed by atoms with Crippen LogP contribution in [-0.4, -0.2) is 27.0 Å². The summed E-state index contributed by atoms with van der Waals surface area (Å²) in [4.78, 5) is 20.4. The Morgan fingerprint density at radius 2 is 2.26 bits per heavy atom. The molecule has 23 heavy (non-hydrogen) atoms. The Bertz CT molecular complexity index is 857. The van der Waals surface area contributed by atoms with Crippen molar-refractivity contribution in [3.05, 3.63) is 45.9 Å². The zero-order valence-electron chi connectivity index (χ0n) is 12.5. The minimum absolute atomic E-state index is 0.245. The number of benzene rings is 1. The number of carbonyl (C=O) groups is 1. The Kier molecular flexibility index (Phi) is 4.35. The molecule has 120 valence electrons. The van der Waals surface area contributed by atoms with Crippen molar-refractivity contribution < 1.29 is 9.18 Å². The number of amides is 1. The van der Waals surface area contributed by atoms with Crippen molar-refractivity contribution in [2.24, 2.45) is 12.8 Å². The summed E-state index contributed by atoms with van der Waals surface area (Å²) in [5, 5.41) is 5.19. The molecule has 0 bridgehead atoms. The number of carbonyl (C=O) groups excluding carboxylic acids is 1. The van der Waals surface area contributed by atoms with Crippen LogP contribution >= 0.6 is 11.3 Å². The second-order valence-electron chi connectivity index (χ2n) is 5.03. The maximum Gasteiger partial charge on any atom is 0.270 e. The topological polar surface area (TPSA) is 85.8 Å². The number of rotatable bonds is 5. The van der Waals surface area contributed by atoms with Crippen LogP contribution in [0.3, 0.4) is 0 Å². The number of fused-ring (bicyclic) bond motifs is 1. The van der Waals surface area contributed by atoms with Gasteiger partial charge in [0.05, 0.1) is 5.52 Å². The molecule has 0 aliphatic heterocycles. The van der Waals surface area contributed by atoms with Gasteiger partial charge in [-0.05, 0) is 12.1 Å². The van der Waals surface area contributed by atoms with Crippen LogP contribution in [0.2, 0.25) is 0 Å². The number of nitrogens with two attached hydrogens (primary N) is 1. The molecule has 1 aromatic carbocycles. The van der Waals surface area contributed by atoms with Gasteiger partial charge in [-0.15, -0.1) is 11.3 Å². The van der Waals surface area contributed by atoms with Gasteiger partial charge in [-0.3, -0.25) is 4.79 Å². The molecule has 0 radical (unpaired) electrons. The predicted octanol–water partition coefficient (Wildman–Crippen LogP) is 1.60. The van der Waals surface area contributed by atoms with Crippen LogP contribution in [0.4, 0.5) is 4.39 Å². The highest BCUT2D eigenvalue weighted by Crippen LogP contribution is 2.18. The standard InChI is InChI=1S/C15H16FN5OS/c1-21-11-4-2-3-9(16)14(11)20-12(21)5-6-18-15(22)10-8-23-13(7-17)19-10/h2-4,8H,5-7,17H2,1H3,(H,18,22). The molecule has 0 saturated carbocycles. The molecule has 3 rings (SSSR count). The second-order valence-corrected chi connectivity index (χ2v) is 5.97. The van der Waals surface area contributed by atoms with E-state index in [-0.39, 0.29) is 11.7 Å². The number of nitrogens with one attached hydrogen (secondary N) is 1. The summed E-state index contributed by atoms with van der Waals surface area (Å²) in [6.07, 6.45) is 0.504. The van der Waals surface area contributed by atoms with E-state index in [4.69, 9.17) is 5.73 Å². The van der Waals surface area contributed by atoms with Gasteiger partial charge in [-0.1, -0.05) is 6.07 Å². The molecule has 8 heteroatoms. The second kappa shape index (κ2) is 6.43. The monoisotopic (exact) mass is 333 g/mol. The van der Waals surface area contributed by atoms with Gasteiger partial charge in [0.25, 0.3) is 5.91 Å². The van der Waals surface area contributed by atoms with Crippen LogP contribution in [0.1, 0.15) is 21.3 Å². The first kappa shape index (κ1) is 15.6. The van der Waals surface area contributed by atoms with E-state index in [1.807, 2.05) is 17.7 Å². The zero-order valence-corrected chi connectivity index (χ0v) is 13.4. The number of hydrogen-bond acceptors (Lipinski definition) is 5. The molecule has 0 spiro atoms. The summed E-state index contributed by atoms with van der Waals surface area (Å²) in [6, 6.07) is 4.86. The Hall–Kier alpha value is -2.32. The number of para-hydroxylation sites is 1. The molecule has 0 unspecified atom stereocenters. The van der Waals surface area contributed by atoms with Crippen molar-refractivity contribution in [1.82, 2.24) is 19.9 Å². The molecule has 6 nitrogen and oxygen atoms in total. The summed E-state index contributed by atoms with van der Waals surface area (Å²) in [6.45, 7) is 0.719. The lowest BCUT2D eigenvalue weighted by Crippen LogP contribution is -2.26. The van der Waals surface area contributed by atoms with Gasteiger partial charge < -0.3 is 15.6 Å². The Balaban J connectivity index is 1.66. The third-order valence-electron chi connectivity index (χ3n) is 3.55. The van der Waals surface area contributed by atoms with Crippen molar-refractivity contribution >= 4 is 28.3 Å². The number of imidazole rings is 1. The Labute approximate surface area is 136 Å². The minimum Gasteiger partial charge on any atom is -0.350 e. The van der Waals surface area contributed by atoms with E-state index in [1.165, 1.54) is 17.4 Å². The molecule has 0 aliphatic carbocycles. The first-order chi connectivity index (χ1) is 11.1. The van der Waals surface area contributed by atoms with E-state index >= 15 is 0 Å². The van der Waals surface area contributed by atoms with Gasteiger partial charge >= 0.3 is 0 Å². The van der Waals surface area contributed by atoms with Gasteiger partial charge in [0.1, 0.15) is 22.0 Å². The smallest absolute Gasteiger partial charge is 0.270 e. The van der Waals surface area contributed by atoms with E-state index in [0.29, 0.717) is 36.5 Å². The predicted molar refractivity (Wildman–Crippen MR) is 86.7 cm³/mol. The van der Waals surface area contributed by atoms with Crippen molar-refractivity contribution in [1.29, 1.82) is 0 Å². The fourth-order valence-electron chi connectivity index (χ4n) is 2.34. The van der Waals surface area contributed by atoms with Gasteiger partial charge in [-0.25, -0.2) is 14.4 Å². The first-order valence-corrected chi connectivity index (χ1v) is 8.00. The number of hydrogen-bond donors (Lipinski definition) is 2. The Morgan fingerprint density at radius 1 is 1.43 bits per heavy atom. The third kappa shape index (κ3) is 3.08. The van der Waals surface area contributed by atoms with E-state index in [0.717, 1.165) is 10.5 Å². The molecule has 3 N–H and O–H groups in total. The SMILES string of the molecule is Cn1c(CCNC(=O)c2csc(CN)n2)nc2c(F)cccc21. The molecule has 2 heterocycles. The van der Waals surface area contributed by atoms with Gasteiger partial charge in [0.15, 0.2) is 5.82 Å². The van der Waals surface area contributed by atoms with Crippen LogP contribution in [0, 0.1) is 5.82 Å². The molecule has 1 amide bonds. The average molecular weight is 333 g/mol. The number of halogens is 1. The first-order valence-electron chi connectivity index (χ1n) is 7.12. The lowest BCUT2D eigenvalue weighted by Gasteiger charge is -2.04. The molecule has 0 saturated heterocycles. The number of thiazole rings is 1. The minimum atomic E-state index is -0.342. The van der Waals surface area contributed by atoms with Crippen LogP contribution in [0.15, 0.2) is 23.6 Å². The normalized spacial score (nSPS) is 11.1. The summed E-state index contributed by atoms with van der Waals surface area (Å²) >= 11 is 1.36. The number of nitrogens with zero attached hydrogens (tertiary/aromatic N) is 3. The fourth-order valence-corrected chi connectivity index (χ4v) is 2.99. The maximum atomic E-state index is 13.7. The highest BCUT2D eigenvalue weighted by molar-refractivity contribution is 7.09. The van der Waals surface area contributed by atoms with E-state index in [9.17, 15) is 9.18 Å². The van der Waals surface area contributed by atoms with E-state index in [1.54, 1.807) is 11.4 Å². The molecule has 0 atom stereocenters. The summed E-state index contributed by atoms with van der Waals surface area (Å²) in [5.74, 6) is 0.127. The van der Waals surface area contributed by atoms with Crippen molar-refractivity contribution in [3.8, 4) is 0 Å². The van der Waals surface area contributed by atoms with Crippen molar-refractivity contribution in [2.45, 2.75) is 13.0 Å². The average Bonchev–Trinajstić information content (AvgIpc) is 3.14. The highest BCUT2D eigenvalue weighted by atomic mass is 32.1. The fraction of sp³-hybridized carbons (Fsp3) is 0.267. The lowest BCUT2D eigenvalue weighted by atomic mass is 10.3. The van der Waals surface area contributed by atoms with Crippen molar-refractivity contribution in [3.63, 3.8) is 0 Å². The molecular formula is C15H16FN5OS. The van der Waals surface area contributed by atoms with Crippen LogP contribution in [0.25, 0.3) is 11.0 Å². The van der Waals surface area contributed by atoms with Crippen LogP contribution < -0.4 is 11.1 Å². The third-order valence-corrected chi connectivity index (χ3v) is 4.42. The van der Waals surface area contributed by atoms with Crippen LogP contribution in [-0.2, 0) is 20.0 Å². The van der Waals surface area contributed by atoms with E-state index in [2.05, 4.69) is 15.3 Å². The van der Waals surface area contributed by atoms with E-state index < -0.39 is 0 Å². The molecule has 2 aromatic heterocycles. The highest BCUT2D eigenvalue weighted by Gasteiger charge is 2.13. The van der Waals surface area contributed by atoms with Crippen LogP contribution in [0.5, 0.6) is 0 Å². The molecule has 0 fully saturated rings. The summed E-state index contributed by atoms with van der Waals surface area (Å²) in [7, 11) is 1.83. The number of aryl methyl sites for hydroxylation is 1. The zero-order chi connectivity index (χ0) is 16.4.